The van der Waals surface area contributed by atoms with Crippen LogP contribution in [0.1, 0.15) is 33.5 Å². The predicted octanol–water partition coefficient (Wildman–Crippen LogP) is 2.56. The minimum Gasteiger partial charge on any atom is -0.350 e. The second-order valence-corrected chi connectivity index (χ2v) is 5.45. The van der Waals surface area contributed by atoms with Gasteiger partial charge in [0.15, 0.2) is 0 Å². The van der Waals surface area contributed by atoms with E-state index in [-0.39, 0.29) is 18.3 Å². The van der Waals surface area contributed by atoms with Crippen LogP contribution in [0.25, 0.3) is 0 Å². The van der Waals surface area contributed by atoms with E-state index in [1.807, 2.05) is 0 Å². The van der Waals surface area contributed by atoms with Crippen molar-refractivity contribution in [2.45, 2.75) is 26.3 Å². The van der Waals surface area contributed by atoms with Crippen LogP contribution in [-0.2, 0) is 19.4 Å². The molecule has 0 aliphatic carbocycles. The maximum absolute atomic E-state index is 11.9. The van der Waals surface area contributed by atoms with Crippen molar-refractivity contribution in [1.82, 2.24) is 10.3 Å². The predicted molar refractivity (Wildman–Crippen MR) is 89.1 cm³/mol. The summed E-state index contributed by atoms with van der Waals surface area (Å²) in [6.45, 7) is 3.13. The number of nitrogens with zero attached hydrogens (tertiary/aromatic N) is 1. The Hall–Kier alpha value is -1.43. The molecule has 1 amide bonds. The summed E-state index contributed by atoms with van der Waals surface area (Å²) in [7, 11) is 0. The molecule has 3 N–H and O–H groups in total. The molecule has 1 heterocycles. The molecule has 4 nitrogen and oxygen atoms in total. The molecular formula is C15H20ClN3OS. The number of hydrogen-bond acceptors (Lipinski definition) is 4. The van der Waals surface area contributed by atoms with Crippen LogP contribution in [0.2, 0.25) is 0 Å². The fourth-order valence-corrected chi connectivity index (χ4v) is 2.52. The molecule has 0 radical (unpaired) electrons. The fourth-order valence-electron chi connectivity index (χ4n) is 1.86. The number of amides is 1. The number of nitrogens with one attached hydrogen (secondary N) is 1. The minimum atomic E-state index is -0.133. The van der Waals surface area contributed by atoms with Crippen molar-refractivity contribution in [3.05, 3.63) is 51.5 Å². The molecule has 0 aliphatic rings. The smallest absolute Gasteiger partial charge is 0.270 e. The molecule has 6 heteroatoms. The third-order valence-corrected chi connectivity index (χ3v) is 3.96. The van der Waals surface area contributed by atoms with Gasteiger partial charge in [0.25, 0.3) is 5.91 Å². The number of carbonyl (C=O) groups is 1. The van der Waals surface area contributed by atoms with Crippen LogP contribution in [0.3, 0.4) is 0 Å². The zero-order valence-corrected chi connectivity index (χ0v) is 13.6. The number of thiazole rings is 1. The van der Waals surface area contributed by atoms with E-state index in [9.17, 15) is 4.79 Å². The maximum atomic E-state index is 11.9. The monoisotopic (exact) mass is 325 g/mol. The van der Waals surface area contributed by atoms with Crippen molar-refractivity contribution in [1.29, 1.82) is 0 Å². The van der Waals surface area contributed by atoms with Gasteiger partial charge in [-0.15, -0.1) is 23.7 Å². The molecule has 0 atom stereocenters. The van der Waals surface area contributed by atoms with E-state index < -0.39 is 0 Å². The largest absolute Gasteiger partial charge is 0.350 e. The standard InChI is InChI=1S/C15H19N3OS.ClH/c1-2-11-3-5-12(6-4-11)7-8-17-15(19)13-10-20-14(9-16)18-13;/h3-6,10H,2,7-9,16H2,1H3,(H,17,19);1H. The first-order valence-corrected chi connectivity index (χ1v) is 7.61. The maximum Gasteiger partial charge on any atom is 0.270 e. The van der Waals surface area contributed by atoms with E-state index in [1.54, 1.807) is 5.38 Å². The second-order valence-electron chi connectivity index (χ2n) is 4.51. The molecule has 2 rings (SSSR count). The first-order valence-electron chi connectivity index (χ1n) is 6.73. The van der Waals surface area contributed by atoms with Crippen molar-refractivity contribution >= 4 is 29.7 Å². The van der Waals surface area contributed by atoms with Gasteiger partial charge in [0.05, 0.1) is 0 Å². The highest BCUT2D eigenvalue weighted by Gasteiger charge is 2.09. The number of carbonyl (C=O) groups excluding carboxylic acids is 1. The van der Waals surface area contributed by atoms with Gasteiger partial charge in [0, 0.05) is 18.5 Å². The lowest BCUT2D eigenvalue weighted by Crippen LogP contribution is -2.26. The summed E-state index contributed by atoms with van der Waals surface area (Å²) in [6, 6.07) is 8.48. The van der Waals surface area contributed by atoms with Gasteiger partial charge in [-0.3, -0.25) is 4.79 Å². The molecule has 0 unspecified atom stereocenters. The van der Waals surface area contributed by atoms with Crippen LogP contribution in [0.4, 0.5) is 0 Å². The van der Waals surface area contributed by atoms with Crippen LogP contribution in [0, 0.1) is 0 Å². The van der Waals surface area contributed by atoms with Crippen LogP contribution in [0.15, 0.2) is 29.6 Å². The SMILES string of the molecule is CCc1ccc(CCNC(=O)c2csc(CN)n2)cc1.Cl. The summed E-state index contributed by atoms with van der Waals surface area (Å²) < 4.78 is 0. The molecule has 0 saturated carbocycles. The zero-order chi connectivity index (χ0) is 14.4. The number of aromatic nitrogens is 1. The van der Waals surface area contributed by atoms with E-state index >= 15 is 0 Å². The van der Waals surface area contributed by atoms with Gasteiger partial charge in [-0.1, -0.05) is 31.2 Å². The van der Waals surface area contributed by atoms with Crippen molar-refractivity contribution in [3.63, 3.8) is 0 Å². The van der Waals surface area contributed by atoms with Gasteiger partial charge in [0.2, 0.25) is 0 Å². The molecule has 21 heavy (non-hydrogen) atoms. The molecule has 114 valence electrons. The van der Waals surface area contributed by atoms with Crippen LogP contribution in [0.5, 0.6) is 0 Å². The fraction of sp³-hybridized carbons (Fsp3) is 0.333. The van der Waals surface area contributed by atoms with Crippen molar-refractivity contribution in [2.24, 2.45) is 5.73 Å². The van der Waals surface area contributed by atoms with Crippen LogP contribution < -0.4 is 11.1 Å². The van der Waals surface area contributed by atoms with E-state index in [1.165, 1.54) is 22.5 Å². The normalized spacial score (nSPS) is 10.0. The molecule has 1 aromatic heterocycles. The Labute approximate surface area is 135 Å². The number of hydrogen-bond donors (Lipinski definition) is 2. The lowest BCUT2D eigenvalue weighted by Gasteiger charge is -2.04. The average Bonchev–Trinajstić information content (AvgIpc) is 2.97. The highest BCUT2D eigenvalue weighted by Crippen LogP contribution is 2.09. The summed E-state index contributed by atoms with van der Waals surface area (Å²) in [4.78, 5) is 16.0. The number of nitrogens with two attached hydrogens (primary N) is 1. The third-order valence-electron chi connectivity index (χ3n) is 3.09. The summed E-state index contributed by atoms with van der Waals surface area (Å²) in [5.74, 6) is -0.133. The van der Waals surface area contributed by atoms with Gasteiger partial charge >= 0.3 is 0 Å². The zero-order valence-electron chi connectivity index (χ0n) is 12.0. The summed E-state index contributed by atoms with van der Waals surface area (Å²) in [5.41, 5.74) is 8.49. The molecule has 1 aromatic carbocycles. The van der Waals surface area contributed by atoms with E-state index in [0.717, 1.165) is 17.8 Å². The lowest BCUT2D eigenvalue weighted by atomic mass is 10.1. The molecule has 0 saturated heterocycles. The Bertz CT molecular complexity index is 569. The Balaban J connectivity index is 0.00000220. The van der Waals surface area contributed by atoms with E-state index in [4.69, 9.17) is 5.73 Å². The molecule has 0 bridgehead atoms. The topological polar surface area (TPSA) is 68.0 Å². The first kappa shape index (κ1) is 17.6. The Morgan fingerprint density at radius 2 is 1.95 bits per heavy atom. The molecule has 0 fully saturated rings. The second kappa shape index (κ2) is 8.77. The van der Waals surface area contributed by atoms with Gasteiger partial charge in [0.1, 0.15) is 10.7 Å². The molecule has 0 spiro atoms. The van der Waals surface area contributed by atoms with E-state index in [2.05, 4.69) is 41.5 Å². The van der Waals surface area contributed by atoms with Gasteiger partial charge in [-0.25, -0.2) is 4.98 Å². The van der Waals surface area contributed by atoms with Crippen LogP contribution in [-0.4, -0.2) is 17.4 Å². The van der Waals surface area contributed by atoms with Crippen LogP contribution >= 0.6 is 23.7 Å². The molecular weight excluding hydrogens is 306 g/mol. The third kappa shape index (κ3) is 5.12. The lowest BCUT2D eigenvalue weighted by molar-refractivity contribution is 0.0949. The van der Waals surface area contributed by atoms with Crippen molar-refractivity contribution in [3.8, 4) is 0 Å². The van der Waals surface area contributed by atoms with Crippen molar-refractivity contribution in [2.75, 3.05) is 6.54 Å². The van der Waals surface area contributed by atoms with Crippen molar-refractivity contribution < 1.29 is 4.79 Å². The van der Waals surface area contributed by atoms with E-state index in [0.29, 0.717) is 18.8 Å². The Morgan fingerprint density at radius 1 is 1.29 bits per heavy atom. The Morgan fingerprint density at radius 3 is 2.52 bits per heavy atom. The number of halogens is 1. The average molecular weight is 326 g/mol. The van der Waals surface area contributed by atoms with Gasteiger partial charge in [-0.2, -0.15) is 0 Å². The first-order chi connectivity index (χ1) is 9.72. The minimum absolute atomic E-state index is 0. The highest BCUT2D eigenvalue weighted by atomic mass is 35.5. The molecule has 2 aromatic rings. The Kier molecular flexibility index (Phi) is 7.36. The number of benzene rings is 1. The van der Waals surface area contributed by atoms with Gasteiger partial charge in [-0.05, 0) is 24.0 Å². The van der Waals surface area contributed by atoms with Gasteiger partial charge < -0.3 is 11.1 Å². The summed E-state index contributed by atoms with van der Waals surface area (Å²) in [5, 5.41) is 5.40. The quantitative estimate of drug-likeness (QED) is 0.857. The number of rotatable bonds is 6. The summed E-state index contributed by atoms with van der Waals surface area (Å²) >= 11 is 1.41. The summed E-state index contributed by atoms with van der Waals surface area (Å²) in [6.07, 6.45) is 1.87. The number of aryl methyl sites for hydroxylation is 1. The highest BCUT2D eigenvalue weighted by molar-refractivity contribution is 7.09. The molecule has 0 aliphatic heterocycles.